The summed E-state index contributed by atoms with van der Waals surface area (Å²) in [6, 6.07) is 2.25. The summed E-state index contributed by atoms with van der Waals surface area (Å²) in [4.78, 5) is 0. The molecule has 0 atom stereocenters. The van der Waals surface area contributed by atoms with E-state index in [1.165, 1.54) is 11.1 Å². The fraction of sp³-hybridized carbons (Fsp3) is 0.0952. The van der Waals surface area contributed by atoms with E-state index in [0.717, 1.165) is 17.6 Å². The maximum absolute atomic E-state index is 9.39. The van der Waals surface area contributed by atoms with Crippen LogP contribution in [0.4, 0.5) is 0 Å². The van der Waals surface area contributed by atoms with Crippen molar-refractivity contribution in [3.63, 3.8) is 0 Å². The van der Waals surface area contributed by atoms with Gasteiger partial charge in [-0.15, -0.1) is 6.42 Å². The van der Waals surface area contributed by atoms with Crippen LogP contribution >= 0.6 is 0 Å². The minimum Gasteiger partial charge on any atom is -0.192 e. The van der Waals surface area contributed by atoms with Gasteiger partial charge in [0, 0.05) is 0 Å². The average Bonchev–Trinajstić information content (AvgIpc) is 2.77. The third-order valence-electron chi connectivity index (χ3n) is 3.36. The van der Waals surface area contributed by atoms with Gasteiger partial charge in [0.05, 0.1) is 11.6 Å². The summed E-state index contributed by atoms with van der Waals surface area (Å²) < 4.78 is 0. The normalized spacial score (nSPS) is 20.0. The van der Waals surface area contributed by atoms with Crippen LogP contribution in [0.2, 0.25) is 0 Å². The minimum atomic E-state index is 0.612. The number of allylic oxidation sites excluding steroid dienone is 16. The third-order valence-corrected chi connectivity index (χ3v) is 3.36. The van der Waals surface area contributed by atoms with Crippen LogP contribution < -0.4 is 0 Å². The molecule has 0 aromatic rings. The summed E-state index contributed by atoms with van der Waals surface area (Å²) in [6.45, 7) is 1.86. The molecule has 2 aliphatic carbocycles. The van der Waals surface area contributed by atoms with Crippen LogP contribution in [-0.4, -0.2) is 0 Å². The number of rotatable bonds is 2. The van der Waals surface area contributed by atoms with Gasteiger partial charge in [-0.05, 0) is 41.7 Å². The van der Waals surface area contributed by atoms with Crippen LogP contribution in [0.15, 0.2) is 94.7 Å². The Labute approximate surface area is 132 Å². The lowest BCUT2D eigenvalue weighted by atomic mass is 9.98. The van der Waals surface area contributed by atoms with Crippen LogP contribution in [0.25, 0.3) is 0 Å². The molecule has 0 heterocycles. The van der Waals surface area contributed by atoms with Gasteiger partial charge in [0.25, 0.3) is 0 Å². The molecule has 22 heavy (non-hydrogen) atoms. The fourth-order valence-corrected chi connectivity index (χ4v) is 2.10. The molecule has 0 saturated heterocycles. The van der Waals surface area contributed by atoms with E-state index in [1.807, 2.05) is 43.4 Å². The number of fused-ring (bicyclic) bond motifs is 2. The highest BCUT2D eigenvalue weighted by atomic mass is 14.2. The van der Waals surface area contributed by atoms with Crippen LogP contribution in [0.1, 0.15) is 13.3 Å². The lowest BCUT2D eigenvalue weighted by Gasteiger charge is -2.07. The minimum absolute atomic E-state index is 0.612. The number of hydrogen-bond donors (Lipinski definition) is 0. The van der Waals surface area contributed by atoms with Gasteiger partial charge in [0.2, 0.25) is 0 Å². The summed E-state index contributed by atoms with van der Waals surface area (Å²) in [5.41, 5.74) is 4.79. The number of terminal acetylenes is 1. The molecule has 2 rings (SSSR count). The van der Waals surface area contributed by atoms with E-state index in [-0.39, 0.29) is 0 Å². The van der Waals surface area contributed by atoms with Crippen molar-refractivity contribution in [3.05, 3.63) is 94.7 Å². The van der Waals surface area contributed by atoms with Crippen molar-refractivity contribution < 1.29 is 0 Å². The molecule has 0 amide bonds. The van der Waals surface area contributed by atoms with Crippen molar-refractivity contribution in [2.24, 2.45) is 0 Å². The molecule has 0 unspecified atom stereocenters. The van der Waals surface area contributed by atoms with Crippen LogP contribution in [0.5, 0.6) is 0 Å². The molecule has 0 saturated carbocycles. The quantitative estimate of drug-likeness (QED) is 0.402. The Morgan fingerprint density at radius 3 is 2.32 bits per heavy atom. The van der Waals surface area contributed by atoms with Gasteiger partial charge in [-0.3, -0.25) is 0 Å². The van der Waals surface area contributed by atoms with Crippen LogP contribution in [0.3, 0.4) is 0 Å². The molecule has 2 aliphatic rings. The molecule has 0 spiro atoms. The van der Waals surface area contributed by atoms with E-state index in [1.54, 1.807) is 6.08 Å². The van der Waals surface area contributed by atoms with Gasteiger partial charge in [0.1, 0.15) is 0 Å². The van der Waals surface area contributed by atoms with Crippen molar-refractivity contribution >= 4 is 0 Å². The zero-order valence-corrected chi connectivity index (χ0v) is 12.6. The molecule has 1 heteroatoms. The second-order valence-corrected chi connectivity index (χ2v) is 5.05. The largest absolute Gasteiger partial charge is 0.192 e. The molecule has 0 aromatic carbocycles. The van der Waals surface area contributed by atoms with Crippen molar-refractivity contribution in [3.8, 4) is 18.4 Å². The van der Waals surface area contributed by atoms with Gasteiger partial charge in [0.15, 0.2) is 0 Å². The summed E-state index contributed by atoms with van der Waals surface area (Å²) in [5, 5.41) is 9.39. The van der Waals surface area contributed by atoms with Crippen molar-refractivity contribution in [1.29, 1.82) is 5.26 Å². The maximum atomic E-state index is 9.39. The number of nitriles is 1. The summed E-state index contributed by atoms with van der Waals surface area (Å²) >= 11 is 0. The Morgan fingerprint density at radius 1 is 1.14 bits per heavy atom. The molecule has 0 fully saturated rings. The van der Waals surface area contributed by atoms with Crippen molar-refractivity contribution in [1.82, 2.24) is 0 Å². The SMILES string of the molecule is C#C/C(C)=C\C=C/C(C#N)=C1/C=C\C2=CC=CC=C(/C=C\1)C2. The van der Waals surface area contributed by atoms with Gasteiger partial charge in [-0.25, -0.2) is 0 Å². The molecule has 106 valence electrons. The second kappa shape index (κ2) is 7.67. The third kappa shape index (κ3) is 4.23. The summed E-state index contributed by atoms with van der Waals surface area (Å²) in [7, 11) is 0. The van der Waals surface area contributed by atoms with Crippen LogP contribution in [-0.2, 0) is 0 Å². The molecule has 1 nitrogen and oxygen atoms in total. The molecule has 0 N–H and O–H groups in total. The lowest BCUT2D eigenvalue weighted by molar-refractivity contribution is 1.20. The molecule has 0 aromatic heterocycles. The predicted molar refractivity (Wildman–Crippen MR) is 92.6 cm³/mol. The Balaban J connectivity index is 2.38. The standard InChI is InChI=1S/C21H17N/c1-3-17(2)7-6-10-21(16-22)20-13-11-18-8-4-5-9-19(15-18)12-14-20/h1,4-14H,15H2,2H3/b10-6-,13-11-,14-12-,17-7-. The molecule has 0 radical (unpaired) electrons. The lowest BCUT2D eigenvalue weighted by Crippen LogP contribution is -1.89. The zero-order chi connectivity index (χ0) is 15.8. The van der Waals surface area contributed by atoms with Gasteiger partial charge in [-0.2, -0.15) is 5.26 Å². The molecular formula is C21H17N. The first-order chi connectivity index (χ1) is 10.7. The van der Waals surface area contributed by atoms with Gasteiger partial charge >= 0.3 is 0 Å². The van der Waals surface area contributed by atoms with E-state index in [2.05, 4.69) is 36.3 Å². The molecule has 0 aliphatic heterocycles. The summed E-state index contributed by atoms with van der Waals surface area (Å²) in [6.07, 6.45) is 28.0. The van der Waals surface area contributed by atoms with Crippen molar-refractivity contribution in [2.45, 2.75) is 13.3 Å². The topological polar surface area (TPSA) is 23.8 Å². The van der Waals surface area contributed by atoms with Gasteiger partial charge < -0.3 is 0 Å². The second-order valence-electron chi connectivity index (χ2n) is 5.05. The highest BCUT2D eigenvalue weighted by Gasteiger charge is 2.04. The molecular weight excluding hydrogens is 266 g/mol. The van der Waals surface area contributed by atoms with E-state index in [4.69, 9.17) is 6.42 Å². The van der Waals surface area contributed by atoms with Crippen LogP contribution in [0, 0.1) is 23.7 Å². The number of nitrogens with zero attached hydrogens (tertiary/aromatic N) is 1. The monoisotopic (exact) mass is 283 g/mol. The smallest absolute Gasteiger partial charge is 0.0997 e. The van der Waals surface area contributed by atoms with Crippen molar-refractivity contribution in [2.75, 3.05) is 0 Å². The maximum Gasteiger partial charge on any atom is 0.0997 e. The fourth-order valence-electron chi connectivity index (χ4n) is 2.10. The first-order valence-corrected chi connectivity index (χ1v) is 7.11. The van der Waals surface area contributed by atoms with E-state index < -0.39 is 0 Å². The zero-order valence-electron chi connectivity index (χ0n) is 12.6. The van der Waals surface area contributed by atoms with Gasteiger partial charge in [-0.1, -0.05) is 66.7 Å². The Hall–Kier alpha value is -3.03. The first kappa shape index (κ1) is 15.4. The van der Waals surface area contributed by atoms with E-state index in [0.29, 0.717) is 5.57 Å². The van der Waals surface area contributed by atoms with E-state index in [9.17, 15) is 5.26 Å². The molecule has 2 bridgehead atoms. The Morgan fingerprint density at radius 2 is 1.77 bits per heavy atom. The highest BCUT2D eigenvalue weighted by molar-refractivity contribution is 5.54. The Kier molecular flexibility index (Phi) is 5.36. The average molecular weight is 283 g/mol. The Bertz CT molecular complexity index is 739. The van der Waals surface area contributed by atoms with E-state index >= 15 is 0 Å². The number of hydrogen-bond acceptors (Lipinski definition) is 1. The highest BCUT2D eigenvalue weighted by Crippen LogP contribution is 2.22. The first-order valence-electron chi connectivity index (χ1n) is 7.11. The predicted octanol–water partition coefficient (Wildman–Crippen LogP) is 4.88. The summed E-state index contributed by atoms with van der Waals surface area (Å²) in [5.74, 6) is 2.55.